The third-order valence-corrected chi connectivity index (χ3v) is 7.79. The molecule has 3 aromatic rings. The van der Waals surface area contributed by atoms with Gasteiger partial charge in [-0.05, 0) is 80.8 Å². The molecule has 0 unspecified atom stereocenters. The fraction of sp³-hybridized carbons (Fsp3) is 0.375. The predicted octanol–water partition coefficient (Wildman–Crippen LogP) is 5.26. The molecule has 0 radical (unpaired) electrons. The largest absolute Gasteiger partial charge is 0.508 e. The summed E-state index contributed by atoms with van der Waals surface area (Å²) >= 11 is 0. The molecule has 3 aromatic carbocycles. The van der Waals surface area contributed by atoms with E-state index in [2.05, 4.69) is 23.6 Å². The molecular formula is C32H39N3O4. The highest BCUT2D eigenvalue weighted by atomic mass is 16.4. The van der Waals surface area contributed by atoms with Crippen LogP contribution >= 0.6 is 0 Å². The maximum Gasteiger partial charge on any atom is 0.335 e. The normalized spacial score (nSPS) is 19.0. The Morgan fingerprint density at radius 1 is 0.872 bits per heavy atom. The van der Waals surface area contributed by atoms with Gasteiger partial charge in [-0.2, -0.15) is 0 Å². The fourth-order valence-corrected chi connectivity index (χ4v) is 5.56. The number of piperazine rings is 1. The lowest BCUT2D eigenvalue weighted by atomic mass is 9.92. The van der Waals surface area contributed by atoms with Gasteiger partial charge in [-0.1, -0.05) is 36.4 Å². The molecule has 1 amide bonds. The van der Waals surface area contributed by atoms with E-state index in [1.54, 1.807) is 18.2 Å². The minimum Gasteiger partial charge on any atom is -0.508 e. The first-order valence-corrected chi connectivity index (χ1v) is 13.7. The summed E-state index contributed by atoms with van der Waals surface area (Å²) in [7, 11) is 0. The predicted molar refractivity (Wildman–Crippen MR) is 153 cm³/mol. The van der Waals surface area contributed by atoms with Gasteiger partial charge in [-0.3, -0.25) is 14.6 Å². The molecule has 3 atom stereocenters. The highest BCUT2D eigenvalue weighted by molar-refractivity contribution is 5.94. The molecule has 7 heteroatoms. The summed E-state index contributed by atoms with van der Waals surface area (Å²) in [5.41, 5.74) is 4.15. The molecule has 1 aliphatic rings. The van der Waals surface area contributed by atoms with Crippen molar-refractivity contribution in [3.63, 3.8) is 0 Å². The molecule has 4 rings (SSSR count). The lowest BCUT2D eigenvalue weighted by molar-refractivity contribution is 0.0195. The Morgan fingerprint density at radius 3 is 2.10 bits per heavy atom. The zero-order valence-corrected chi connectivity index (χ0v) is 23.2. The highest BCUT2D eigenvalue weighted by Crippen LogP contribution is 2.35. The summed E-state index contributed by atoms with van der Waals surface area (Å²) in [6, 6.07) is 22.8. The van der Waals surface area contributed by atoms with E-state index < -0.39 is 5.97 Å². The first kappa shape index (κ1) is 28.3. The van der Waals surface area contributed by atoms with Crippen LogP contribution in [0.1, 0.15) is 71.1 Å². The summed E-state index contributed by atoms with van der Waals surface area (Å²) in [5, 5.41) is 19.5. The standard InChI is InChI=1S/C32H39N3O4/c1-5-33(6-2)31(37)26-16-14-25(15-17-26)30(28-8-7-9-29(36)18-28)35-20-22(3)34(19-23(35)4)21-24-10-12-27(13-11-24)32(38)39/h7-18,22-23,30,36H,5-6,19-21H2,1-4H3,(H,38,39)/t22-,23+,30+/m1/s1. The molecule has 0 aliphatic carbocycles. The summed E-state index contributed by atoms with van der Waals surface area (Å²) in [6.07, 6.45) is 0. The molecule has 0 bridgehead atoms. The van der Waals surface area contributed by atoms with Gasteiger partial charge in [0.25, 0.3) is 5.91 Å². The maximum atomic E-state index is 12.9. The van der Waals surface area contributed by atoms with Crippen LogP contribution < -0.4 is 0 Å². The van der Waals surface area contributed by atoms with Crippen LogP contribution in [0.4, 0.5) is 0 Å². The van der Waals surface area contributed by atoms with E-state index in [4.69, 9.17) is 0 Å². The second-order valence-electron chi connectivity index (χ2n) is 10.4. The Morgan fingerprint density at radius 2 is 1.51 bits per heavy atom. The Bertz CT molecular complexity index is 1270. The van der Waals surface area contributed by atoms with Gasteiger partial charge in [0.2, 0.25) is 0 Å². The lowest BCUT2D eigenvalue weighted by Crippen LogP contribution is -2.56. The smallest absolute Gasteiger partial charge is 0.335 e. The maximum absolute atomic E-state index is 12.9. The van der Waals surface area contributed by atoms with Crippen molar-refractivity contribution >= 4 is 11.9 Å². The van der Waals surface area contributed by atoms with Gasteiger partial charge < -0.3 is 15.1 Å². The molecular weight excluding hydrogens is 490 g/mol. The fourth-order valence-electron chi connectivity index (χ4n) is 5.56. The molecule has 39 heavy (non-hydrogen) atoms. The van der Waals surface area contributed by atoms with Crippen molar-refractivity contribution in [1.29, 1.82) is 0 Å². The Balaban J connectivity index is 1.58. The van der Waals surface area contributed by atoms with Crippen LogP contribution in [-0.2, 0) is 6.54 Å². The molecule has 0 spiro atoms. The van der Waals surface area contributed by atoms with Gasteiger partial charge in [0.15, 0.2) is 0 Å². The van der Waals surface area contributed by atoms with E-state index >= 15 is 0 Å². The summed E-state index contributed by atoms with van der Waals surface area (Å²) in [4.78, 5) is 30.8. The number of benzene rings is 3. The van der Waals surface area contributed by atoms with Gasteiger partial charge in [-0.25, -0.2) is 4.79 Å². The van der Waals surface area contributed by atoms with Gasteiger partial charge in [0.05, 0.1) is 11.6 Å². The number of amides is 1. The van der Waals surface area contributed by atoms with Crippen molar-refractivity contribution in [3.05, 3.63) is 101 Å². The van der Waals surface area contributed by atoms with Crippen LogP contribution in [0.2, 0.25) is 0 Å². The number of aromatic hydroxyl groups is 1. The van der Waals surface area contributed by atoms with Crippen molar-refractivity contribution in [1.82, 2.24) is 14.7 Å². The average molecular weight is 530 g/mol. The van der Waals surface area contributed by atoms with Crippen LogP contribution in [0.25, 0.3) is 0 Å². The number of phenols is 1. The molecule has 1 fully saturated rings. The van der Waals surface area contributed by atoms with E-state index in [1.165, 1.54) is 0 Å². The van der Waals surface area contributed by atoms with Crippen LogP contribution in [0, 0.1) is 0 Å². The van der Waals surface area contributed by atoms with Gasteiger partial charge in [-0.15, -0.1) is 0 Å². The first-order chi connectivity index (χ1) is 18.7. The van der Waals surface area contributed by atoms with Crippen molar-refractivity contribution in [2.75, 3.05) is 26.2 Å². The van der Waals surface area contributed by atoms with Crippen LogP contribution in [0.5, 0.6) is 5.75 Å². The summed E-state index contributed by atoms with van der Waals surface area (Å²) < 4.78 is 0. The third-order valence-electron chi connectivity index (χ3n) is 7.79. The molecule has 7 nitrogen and oxygen atoms in total. The molecule has 1 aliphatic heterocycles. The van der Waals surface area contributed by atoms with E-state index in [9.17, 15) is 19.8 Å². The minimum absolute atomic E-state index is 0.0347. The molecule has 1 saturated heterocycles. The van der Waals surface area contributed by atoms with Crippen molar-refractivity contribution in [2.45, 2.75) is 52.4 Å². The second-order valence-corrected chi connectivity index (χ2v) is 10.4. The number of rotatable bonds is 9. The quantitative estimate of drug-likeness (QED) is 0.394. The summed E-state index contributed by atoms with van der Waals surface area (Å²) in [6.45, 7) is 12.2. The number of phenolic OH excluding ortho intramolecular Hbond substituents is 1. The number of carbonyl (C=O) groups excluding carboxylic acids is 1. The van der Waals surface area contributed by atoms with Crippen molar-refractivity contribution < 1.29 is 19.8 Å². The van der Waals surface area contributed by atoms with Crippen molar-refractivity contribution in [2.24, 2.45) is 0 Å². The van der Waals surface area contributed by atoms with Gasteiger partial charge >= 0.3 is 5.97 Å². The minimum atomic E-state index is -0.916. The first-order valence-electron chi connectivity index (χ1n) is 13.7. The third kappa shape index (κ3) is 6.49. The molecule has 1 heterocycles. The van der Waals surface area contributed by atoms with Crippen LogP contribution in [0.15, 0.2) is 72.8 Å². The number of nitrogens with zero attached hydrogens (tertiary/aromatic N) is 3. The number of carbonyl (C=O) groups is 2. The number of carboxylic acid groups (broad SMARTS) is 1. The second kappa shape index (κ2) is 12.5. The number of hydrogen-bond acceptors (Lipinski definition) is 5. The molecule has 206 valence electrons. The Hall–Kier alpha value is -3.68. The van der Waals surface area contributed by atoms with Crippen LogP contribution in [0.3, 0.4) is 0 Å². The van der Waals surface area contributed by atoms with E-state index in [0.717, 1.165) is 36.3 Å². The van der Waals surface area contributed by atoms with Crippen LogP contribution in [-0.4, -0.2) is 75.1 Å². The number of hydrogen-bond donors (Lipinski definition) is 2. The molecule has 0 saturated carbocycles. The zero-order valence-electron chi connectivity index (χ0n) is 23.2. The topological polar surface area (TPSA) is 84.3 Å². The number of aromatic carboxylic acids is 1. The number of carboxylic acids is 1. The monoisotopic (exact) mass is 529 g/mol. The zero-order chi connectivity index (χ0) is 28.1. The SMILES string of the molecule is CCN(CC)C(=O)c1ccc([C@@H](c2cccc(O)c2)N2C[C@@H](C)N(Cc3ccc(C(=O)O)cc3)C[C@@H]2C)cc1. The Kier molecular flexibility index (Phi) is 9.04. The van der Waals surface area contributed by atoms with Gasteiger partial charge in [0.1, 0.15) is 5.75 Å². The van der Waals surface area contributed by atoms with E-state index in [-0.39, 0.29) is 29.8 Å². The molecule has 0 aromatic heterocycles. The van der Waals surface area contributed by atoms with Crippen molar-refractivity contribution in [3.8, 4) is 5.75 Å². The van der Waals surface area contributed by atoms with E-state index in [1.807, 2.05) is 73.3 Å². The summed E-state index contributed by atoms with van der Waals surface area (Å²) in [5.74, 6) is -0.650. The lowest BCUT2D eigenvalue weighted by Gasteiger charge is -2.47. The molecule has 2 N–H and O–H groups in total. The highest BCUT2D eigenvalue weighted by Gasteiger charge is 2.35. The Labute approximate surface area is 231 Å². The van der Waals surface area contributed by atoms with Gasteiger partial charge in [0, 0.05) is 50.4 Å². The van der Waals surface area contributed by atoms with E-state index in [0.29, 0.717) is 24.2 Å². The average Bonchev–Trinajstić information content (AvgIpc) is 2.93.